The van der Waals surface area contributed by atoms with E-state index in [1.165, 1.54) is 5.56 Å². The number of hydrogen-bond donors (Lipinski definition) is 1. The lowest BCUT2D eigenvalue weighted by molar-refractivity contribution is 0.0952. The van der Waals surface area contributed by atoms with Crippen LogP contribution in [-0.2, 0) is 20.1 Å². The summed E-state index contributed by atoms with van der Waals surface area (Å²) in [4.78, 5) is 18.4. The maximum atomic E-state index is 13.5. The van der Waals surface area contributed by atoms with Crippen molar-refractivity contribution in [3.8, 4) is 11.3 Å². The first-order valence-corrected chi connectivity index (χ1v) is 12.3. The van der Waals surface area contributed by atoms with E-state index < -0.39 is 0 Å². The lowest BCUT2D eigenvalue weighted by atomic mass is 10.1. The molecular formula is C29H28N6O. The summed E-state index contributed by atoms with van der Waals surface area (Å²) in [6, 6.07) is 22.3. The molecule has 0 aliphatic heterocycles. The Morgan fingerprint density at radius 3 is 2.47 bits per heavy atom. The molecule has 2 aromatic carbocycles. The van der Waals surface area contributed by atoms with Gasteiger partial charge in [0.05, 0.1) is 28.9 Å². The minimum absolute atomic E-state index is 0.116. The van der Waals surface area contributed by atoms with Crippen molar-refractivity contribution in [1.82, 2.24) is 29.9 Å². The fourth-order valence-corrected chi connectivity index (χ4v) is 4.78. The van der Waals surface area contributed by atoms with E-state index in [1.54, 1.807) is 4.68 Å². The Morgan fingerprint density at radius 1 is 1.03 bits per heavy atom. The number of fused-ring (bicyclic) bond motifs is 1. The van der Waals surface area contributed by atoms with E-state index in [4.69, 9.17) is 10.1 Å². The highest BCUT2D eigenvalue weighted by atomic mass is 16.1. The van der Waals surface area contributed by atoms with Crippen LogP contribution >= 0.6 is 0 Å². The average molecular weight is 477 g/mol. The largest absolute Gasteiger partial charge is 0.348 e. The molecule has 0 unspecified atom stereocenters. The van der Waals surface area contributed by atoms with Gasteiger partial charge in [-0.2, -0.15) is 10.2 Å². The number of amides is 1. The van der Waals surface area contributed by atoms with Crippen molar-refractivity contribution in [3.05, 3.63) is 101 Å². The van der Waals surface area contributed by atoms with Crippen molar-refractivity contribution in [2.75, 3.05) is 0 Å². The van der Waals surface area contributed by atoms with Crippen molar-refractivity contribution in [1.29, 1.82) is 0 Å². The van der Waals surface area contributed by atoms with E-state index >= 15 is 0 Å². The van der Waals surface area contributed by atoms with Gasteiger partial charge in [-0.05, 0) is 31.4 Å². The predicted octanol–water partition coefficient (Wildman–Crippen LogP) is 5.00. The summed E-state index contributed by atoms with van der Waals surface area (Å²) in [5.74, 6) is 0.326. The highest BCUT2D eigenvalue weighted by Crippen LogP contribution is 2.40. The molecule has 1 fully saturated rings. The summed E-state index contributed by atoms with van der Waals surface area (Å²) in [6.07, 6.45) is 4.28. The molecule has 0 bridgehead atoms. The van der Waals surface area contributed by atoms with Crippen LogP contribution in [0.15, 0.2) is 72.9 Å². The zero-order valence-electron chi connectivity index (χ0n) is 20.5. The fourth-order valence-electron chi connectivity index (χ4n) is 4.78. The smallest absolute Gasteiger partial charge is 0.252 e. The molecule has 180 valence electrons. The van der Waals surface area contributed by atoms with E-state index in [0.29, 0.717) is 24.6 Å². The number of pyridine rings is 1. The number of nitrogens with zero attached hydrogens (tertiary/aromatic N) is 5. The monoisotopic (exact) mass is 476 g/mol. The first kappa shape index (κ1) is 22.2. The predicted molar refractivity (Wildman–Crippen MR) is 140 cm³/mol. The van der Waals surface area contributed by atoms with Gasteiger partial charge in [0.2, 0.25) is 0 Å². The van der Waals surface area contributed by atoms with Crippen LogP contribution < -0.4 is 5.32 Å². The molecule has 3 aromatic heterocycles. The lowest BCUT2D eigenvalue weighted by Crippen LogP contribution is -2.23. The van der Waals surface area contributed by atoms with E-state index in [9.17, 15) is 4.79 Å². The molecule has 1 N–H and O–H groups in total. The normalized spacial score (nSPS) is 13.3. The molecule has 0 radical (unpaired) electrons. The van der Waals surface area contributed by atoms with E-state index in [2.05, 4.69) is 22.5 Å². The van der Waals surface area contributed by atoms with Crippen molar-refractivity contribution in [3.63, 3.8) is 0 Å². The van der Waals surface area contributed by atoms with Gasteiger partial charge in [-0.3, -0.25) is 14.2 Å². The molecule has 7 heteroatoms. The third-order valence-electron chi connectivity index (χ3n) is 6.74. The van der Waals surface area contributed by atoms with Crippen LogP contribution in [-0.4, -0.2) is 30.5 Å². The summed E-state index contributed by atoms with van der Waals surface area (Å²) >= 11 is 0. The summed E-state index contributed by atoms with van der Waals surface area (Å²) < 4.78 is 3.72. The highest BCUT2D eigenvalue weighted by Gasteiger charge is 2.28. The van der Waals surface area contributed by atoms with Gasteiger partial charge in [-0.1, -0.05) is 60.7 Å². The van der Waals surface area contributed by atoms with Crippen LogP contribution in [0.3, 0.4) is 0 Å². The lowest BCUT2D eigenvalue weighted by Gasteiger charge is -2.09. The number of nitrogens with one attached hydrogen (secondary N) is 1. The number of aryl methyl sites for hydroxylation is 2. The number of aromatic nitrogens is 5. The first-order valence-electron chi connectivity index (χ1n) is 12.3. The van der Waals surface area contributed by atoms with Gasteiger partial charge in [0, 0.05) is 42.5 Å². The quantitative estimate of drug-likeness (QED) is 0.359. The van der Waals surface area contributed by atoms with E-state index in [-0.39, 0.29) is 5.91 Å². The van der Waals surface area contributed by atoms with Crippen LogP contribution in [0.25, 0.3) is 22.3 Å². The molecule has 1 saturated carbocycles. The highest BCUT2D eigenvalue weighted by molar-refractivity contribution is 6.06. The molecule has 7 nitrogen and oxygen atoms in total. The second-order valence-corrected chi connectivity index (χ2v) is 9.51. The van der Waals surface area contributed by atoms with Gasteiger partial charge in [-0.15, -0.1) is 0 Å². The average Bonchev–Trinajstić information content (AvgIpc) is 3.62. The molecule has 0 spiro atoms. The zero-order chi connectivity index (χ0) is 24.6. The van der Waals surface area contributed by atoms with Gasteiger partial charge in [0.1, 0.15) is 0 Å². The van der Waals surface area contributed by atoms with Crippen molar-refractivity contribution >= 4 is 16.9 Å². The van der Waals surface area contributed by atoms with Crippen molar-refractivity contribution in [2.45, 2.75) is 38.8 Å². The minimum Gasteiger partial charge on any atom is -0.348 e. The molecule has 1 aliphatic rings. The maximum absolute atomic E-state index is 13.5. The van der Waals surface area contributed by atoms with Gasteiger partial charge in [-0.25, -0.2) is 4.98 Å². The number of benzene rings is 2. The Bertz CT molecular complexity index is 1550. The molecule has 36 heavy (non-hydrogen) atoms. The Morgan fingerprint density at radius 2 is 1.75 bits per heavy atom. The van der Waals surface area contributed by atoms with Gasteiger partial charge < -0.3 is 5.32 Å². The Kier molecular flexibility index (Phi) is 5.60. The van der Waals surface area contributed by atoms with Crippen LogP contribution in [0.2, 0.25) is 0 Å². The van der Waals surface area contributed by atoms with Gasteiger partial charge in [0.15, 0.2) is 5.65 Å². The summed E-state index contributed by atoms with van der Waals surface area (Å²) in [5, 5.41) is 13.4. The number of rotatable bonds is 7. The first-order chi connectivity index (χ1) is 17.6. The second kappa shape index (κ2) is 9.07. The summed E-state index contributed by atoms with van der Waals surface area (Å²) in [5.41, 5.74) is 7.26. The standard InChI is InChI=1S/C29H28N6O/c1-19-26-24(15-25(21-13-14-21)31-28(26)34(2)32-19)29(36)30-16-23-18-35(17-20-9-5-3-6-10-20)33-27(23)22-11-7-4-8-12-22/h3-12,15,18,21H,13-14,16-17H2,1-2H3,(H,30,36). The molecule has 0 atom stereocenters. The van der Waals surface area contributed by atoms with Gasteiger partial charge in [0.25, 0.3) is 5.91 Å². The Hall–Kier alpha value is -4.26. The molecule has 0 saturated heterocycles. The number of carbonyl (C=O) groups excluding carboxylic acids is 1. The maximum Gasteiger partial charge on any atom is 0.252 e. The number of carbonyl (C=O) groups is 1. The summed E-state index contributed by atoms with van der Waals surface area (Å²) in [7, 11) is 1.88. The molecule has 5 aromatic rings. The van der Waals surface area contributed by atoms with Crippen LogP contribution in [0.1, 0.15) is 51.6 Å². The summed E-state index contributed by atoms with van der Waals surface area (Å²) in [6.45, 7) is 2.97. The van der Waals surface area contributed by atoms with Crippen LogP contribution in [0.5, 0.6) is 0 Å². The fraction of sp³-hybridized carbons (Fsp3) is 0.241. The Labute approximate surface area is 209 Å². The van der Waals surface area contributed by atoms with Crippen molar-refractivity contribution < 1.29 is 4.79 Å². The molecule has 1 amide bonds. The molecule has 1 aliphatic carbocycles. The SMILES string of the molecule is Cc1nn(C)c2nc(C3CC3)cc(C(=O)NCc3cn(Cc4ccccc4)nc3-c3ccccc3)c12. The third-order valence-corrected chi connectivity index (χ3v) is 6.74. The topological polar surface area (TPSA) is 77.6 Å². The molecule has 6 rings (SSSR count). The zero-order valence-corrected chi connectivity index (χ0v) is 20.5. The van der Waals surface area contributed by atoms with Crippen molar-refractivity contribution in [2.24, 2.45) is 7.05 Å². The minimum atomic E-state index is -0.116. The van der Waals surface area contributed by atoms with E-state index in [1.807, 2.05) is 79.4 Å². The second-order valence-electron chi connectivity index (χ2n) is 9.51. The van der Waals surface area contributed by atoms with E-state index in [0.717, 1.165) is 52.1 Å². The molecular weight excluding hydrogens is 448 g/mol. The van der Waals surface area contributed by atoms with Crippen LogP contribution in [0.4, 0.5) is 0 Å². The molecule has 3 heterocycles. The third kappa shape index (κ3) is 4.28. The Balaban J connectivity index is 1.31. The number of hydrogen-bond acceptors (Lipinski definition) is 4. The van der Waals surface area contributed by atoms with Crippen LogP contribution in [0, 0.1) is 6.92 Å². The van der Waals surface area contributed by atoms with Gasteiger partial charge >= 0.3 is 0 Å².